The van der Waals surface area contributed by atoms with Gasteiger partial charge in [0, 0.05) is 5.56 Å². The van der Waals surface area contributed by atoms with Crippen molar-refractivity contribution in [1.29, 1.82) is 0 Å². The zero-order chi connectivity index (χ0) is 15.3. The first kappa shape index (κ1) is 15.3. The molecule has 5 heteroatoms. The summed E-state index contributed by atoms with van der Waals surface area (Å²) in [5.41, 5.74) is 0.518. The fraction of sp³-hybridized carbons (Fsp3) is 0.250. The second-order valence-corrected chi connectivity index (χ2v) is 4.50. The molecule has 0 spiro atoms. The van der Waals surface area contributed by atoms with E-state index in [-0.39, 0.29) is 17.9 Å². The van der Waals surface area contributed by atoms with E-state index in [1.165, 1.54) is 25.3 Å². The maximum atomic E-state index is 14.0. The smallest absolute Gasteiger partial charge is 0.306 e. The van der Waals surface area contributed by atoms with Gasteiger partial charge in [0.15, 0.2) is 18.1 Å². The van der Waals surface area contributed by atoms with Gasteiger partial charge in [0.25, 0.3) is 0 Å². The Bertz CT molecular complexity index is 585. The van der Waals surface area contributed by atoms with Crippen molar-refractivity contribution in [1.82, 2.24) is 0 Å². The third kappa shape index (κ3) is 3.70. The molecule has 0 unspecified atom stereocenters. The van der Waals surface area contributed by atoms with Crippen molar-refractivity contribution < 1.29 is 23.4 Å². The second-order valence-electron chi connectivity index (χ2n) is 4.50. The maximum Gasteiger partial charge on any atom is 0.306 e. The third-order valence-corrected chi connectivity index (χ3v) is 3.02. The number of halogens is 2. The van der Waals surface area contributed by atoms with Crippen LogP contribution in [0.4, 0.5) is 8.78 Å². The Hall–Kier alpha value is -2.14. The summed E-state index contributed by atoms with van der Waals surface area (Å²) >= 11 is 0. The second kappa shape index (κ2) is 6.54. The lowest BCUT2D eigenvalue weighted by Gasteiger charge is -2.18. The molecular weight excluding hydrogens is 278 g/mol. The van der Waals surface area contributed by atoms with Crippen LogP contribution < -0.4 is 9.47 Å². The van der Waals surface area contributed by atoms with Gasteiger partial charge in [0.2, 0.25) is 0 Å². The molecule has 0 saturated heterocycles. The summed E-state index contributed by atoms with van der Waals surface area (Å²) < 4.78 is 38.3. The van der Waals surface area contributed by atoms with Crippen LogP contribution in [0.3, 0.4) is 0 Å². The van der Waals surface area contributed by atoms with Crippen LogP contribution in [0.5, 0.6) is 11.5 Å². The molecule has 0 radical (unpaired) electrons. The molecule has 0 aliphatic rings. The molecule has 0 atom stereocenters. The van der Waals surface area contributed by atoms with Gasteiger partial charge < -0.3 is 14.6 Å². The van der Waals surface area contributed by atoms with E-state index >= 15 is 0 Å². The number of hydrogen-bond donors (Lipinski definition) is 1. The van der Waals surface area contributed by atoms with E-state index in [2.05, 4.69) is 0 Å². The highest BCUT2D eigenvalue weighted by Gasteiger charge is 2.32. The first-order valence-corrected chi connectivity index (χ1v) is 6.41. The predicted octanol–water partition coefficient (Wildman–Crippen LogP) is 3.36. The molecule has 0 aliphatic carbocycles. The molecule has 0 saturated carbocycles. The lowest BCUT2D eigenvalue weighted by molar-refractivity contribution is -0.0472. The zero-order valence-corrected chi connectivity index (χ0v) is 11.6. The third-order valence-electron chi connectivity index (χ3n) is 3.02. The van der Waals surface area contributed by atoms with Crippen LogP contribution in [0.25, 0.3) is 0 Å². The summed E-state index contributed by atoms with van der Waals surface area (Å²) in [5, 5.41) is 9.04. The largest absolute Gasteiger partial charge is 0.493 e. The molecule has 3 nitrogen and oxygen atoms in total. The number of rotatable bonds is 6. The normalized spacial score (nSPS) is 11.2. The molecule has 112 valence electrons. The van der Waals surface area contributed by atoms with Crippen molar-refractivity contribution in [2.24, 2.45) is 0 Å². The van der Waals surface area contributed by atoms with Gasteiger partial charge >= 0.3 is 5.92 Å². The van der Waals surface area contributed by atoms with Crippen LogP contribution in [0.15, 0.2) is 48.5 Å². The Morgan fingerprint density at radius 3 is 2.38 bits per heavy atom. The topological polar surface area (TPSA) is 38.7 Å². The summed E-state index contributed by atoms with van der Waals surface area (Å²) in [5.74, 6) is -2.57. The number of alkyl halides is 2. The minimum absolute atomic E-state index is 0.101. The highest BCUT2D eigenvalue weighted by Crippen LogP contribution is 2.32. The molecule has 0 bridgehead atoms. The quantitative estimate of drug-likeness (QED) is 0.888. The van der Waals surface area contributed by atoms with Gasteiger partial charge in [-0.2, -0.15) is 8.78 Å². The number of benzene rings is 2. The standard InChI is InChI=1S/C16H16F2O3/c1-20-15-9-12(10-19)7-8-14(15)21-11-16(17,18)13-5-3-2-4-6-13/h2-9,19H,10-11H2,1H3. The number of aliphatic hydroxyl groups excluding tert-OH is 1. The Kier molecular flexibility index (Phi) is 4.75. The van der Waals surface area contributed by atoms with E-state index in [1.54, 1.807) is 30.3 Å². The van der Waals surface area contributed by atoms with Crippen LogP contribution in [0.2, 0.25) is 0 Å². The lowest BCUT2D eigenvalue weighted by atomic mass is 10.1. The summed E-state index contributed by atoms with van der Waals surface area (Å²) in [6, 6.07) is 12.2. The van der Waals surface area contributed by atoms with E-state index < -0.39 is 12.5 Å². The summed E-state index contributed by atoms with van der Waals surface area (Å²) in [7, 11) is 1.42. The van der Waals surface area contributed by atoms with Crippen molar-refractivity contribution in [3.05, 3.63) is 59.7 Å². The fourth-order valence-corrected chi connectivity index (χ4v) is 1.86. The van der Waals surface area contributed by atoms with E-state index in [0.717, 1.165) is 0 Å². The lowest BCUT2D eigenvalue weighted by Crippen LogP contribution is -2.23. The summed E-state index contributed by atoms with van der Waals surface area (Å²) in [6.45, 7) is -0.942. The highest BCUT2D eigenvalue weighted by atomic mass is 19.3. The van der Waals surface area contributed by atoms with E-state index in [0.29, 0.717) is 11.3 Å². The van der Waals surface area contributed by atoms with Crippen LogP contribution in [0, 0.1) is 0 Å². The van der Waals surface area contributed by atoms with E-state index in [4.69, 9.17) is 14.6 Å². The summed E-state index contributed by atoms with van der Waals surface area (Å²) in [6.07, 6.45) is 0. The van der Waals surface area contributed by atoms with Crippen LogP contribution in [0.1, 0.15) is 11.1 Å². The average Bonchev–Trinajstić information content (AvgIpc) is 2.53. The number of aliphatic hydroxyl groups is 1. The van der Waals surface area contributed by atoms with Crippen molar-refractivity contribution in [2.45, 2.75) is 12.5 Å². The van der Waals surface area contributed by atoms with Gasteiger partial charge in [-0.3, -0.25) is 0 Å². The minimum atomic E-state index is -3.10. The minimum Gasteiger partial charge on any atom is -0.493 e. The van der Waals surface area contributed by atoms with Gasteiger partial charge in [0.1, 0.15) is 0 Å². The van der Waals surface area contributed by atoms with Crippen molar-refractivity contribution >= 4 is 0 Å². The Labute approximate surface area is 121 Å². The van der Waals surface area contributed by atoms with E-state index in [1.807, 2.05) is 0 Å². The molecule has 1 N–H and O–H groups in total. The fourth-order valence-electron chi connectivity index (χ4n) is 1.86. The van der Waals surface area contributed by atoms with Gasteiger partial charge in [-0.1, -0.05) is 36.4 Å². The van der Waals surface area contributed by atoms with Gasteiger partial charge in [-0.25, -0.2) is 0 Å². The molecule has 0 fully saturated rings. The highest BCUT2D eigenvalue weighted by molar-refractivity contribution is 5.42. The van der Waals surface area contributed by atoms with Crippen LogP contribution >= 0.6 is 0 Å². The number of methoxy groups -OCH3 is 1. The SMILES string of the molecule is COc1cc(CO)ccc1OCC(F)(F)c1ccccc1. The van der Waals surface area contributed by atoms with E-state index in [9.17, 15) is 8.78 Å². The first-order chi connectivity index (χ1) is 10.1. The Balaban J connectivity index is 2.12. The zero-order valence-electron chi connectivity index (χ0n) is 11.6. The summed E-state index contributed by atoms with van der Waals surface area (Å²) in [4.78, 5) is 0. The molecular formula is C16H16F2O3. The number of ether oxygens (including phenoxy) is 2. The average molecular weight is 294 g/mol. The molecule has 0 amide bonds. The Morgan fingerprint density at radius 2 is 1.76 bits per heavy atom. The Morgan fingerprint density at radius 1 is 1.05 bits per heavy atom. The van der Waals surface area contributed by atoms with Gasteiger partial charge in [-0.15, -0.1) is 0 Å². The maximum absolute atomic E-state index is 14.0. The van der Waals surface area contributed by atoms with Crippen LogP contribution in [-0.4, -0.2) is 18.8 Å². The van der Waals surface area contributed by atoms with Crippen molar-refractivity contribution in [3.63, 3.8) is 0 Å². The van der Waals surface area contributed by atoms with Crippen molar-refractivity contribution in [3.8, 4) is 11.5 Å². The molecule has 0 aliphatic heterocycles. The predicted molar refractivity (Wildman–Crippen MR) is 74.7 cm³/mol. The van der Waals surface area contributed by atoms with Gasteiger partial charge in [-0.05, 0) is 17.7 Å². The number of hydrogen-bond acceptors (Lipinski definition) is 3. The molecule has 0 heterocycles. The molecule has 2 aromatic rings. The molecule has 0 aromatic heterocycles. The van der Waals surface area contributed by atoms with Gasteiger partial charge in [0.05, 0.1) is 13.7 Å². The van der Waals surface area contributed by atoms with Crippen molar-refractivity contribution in [2.75, 3.05) is 13.7 Å². The molecule has 21 heavy (non-hydrogen) atoms. The van der Waals surface area contributed by atoms with Crippen LogP contribution in [-0.2, 0) is 12.5 Å². The monoisotopic (exact) mass is 294 g/mol. The first-order valence-electron chi connectivity index (χ1n) is 6.41. The molecule has 2 aromatic carbocycles. The molecule has 2 rings (SSSR count).